The van der Waals surface area contributed by atoms with Crippen molar-refractivity contribution in [1.82, 2.24) is 14.9 Å². The fourth-order valence-electron chi connectivity index (χ4n) is 4.53. The average molecular weight is 564 g/mol. The number of aliphatic hydroxyl groups is 1. The van der Waals surface area contributed by atoms with Gasteiger partial charge in [-0.1, -0.05) is 30.3 Å². The fourth-order valence-corrected chi connectivity index (χ4v) is 4.72. The first-order valence-electron chi connectivity index (χ1n) is 12.3. The molecule has 0 radical (unpaired) electrons. The minimum atomic E-state index is -1.10. The van der Waals surface area contributed by atoms with Crippen molar-refractivity contribution in [1.29, 1.82) is 0 Å². The molecular formula is C25H30ClN5O8. The molecule has 1 saturated heterocycles. The summed E-state index contributed by atoms with van der Waals surface area (Å²) >= 11 is 6.34. The number of hydrogen-bond donors (Lipinski definition) is 3. The van der Waals surface area contributed by atoms with Crippen molar-refractivity contribution in [2.75, 3.05) is 18.5 Å². The number of anilines is 1. The predicted molar refractivity (Wildman–Crippen MR) is 138 cm³/mol. The summed E-state index contributed by atoms with van der Waals surface area (Å²) in [4.78, 5) is 44.2. The van der Waals surface area contributed by atoms with Crippen LogP contribution in [0.2, 0.25) is 0 Å². The molecule has 14 heteroatoms. The smallest absolute Gasteiger partial charge is 0.303 e. The molecular weight excluding hydrogens is 534 g/mol. The minimum absolute atomic E-state index is 0.0492. The maximum absolute atomic E-state index is 12.0. The van der Waals surface area contributed by atoms with Gasteiger partial charge in [0.15, 0.2) is 23.7 Å². The number of aliphatic imine (C=N–C) groups is 1. The molecule has 4 rings (SSSR count). The molecule has 0 amide bonds. The number of esters is 3. The van der Waals surface area contributed by atoms with Crippen LogP contribution in [0, 0.1) is 0 Å². The number of halogens is 1. The third-order valence-electron chi connectivity index (χ3n) is 6.10. The highest BCUT2D eigenvalue weighted by atomic mass is 35.5. The number of rotatable bonds is 10. The van der Waals surface area contributed by atoms with Gasteiger partial charge in [-0.15, -0.1) is 0 Å². The van der Waals surface area contributed by atoms with Gasteiger partial charge in [0.05, 0.1) is 12.9 Å². The van der Waals surface area contributed by atoms with Gasteiger partial charge < -0.3 is 29.4 Å². The van der Waals surface area contributed by atoms with E-state index < -0.39 is 48.6 Å². The maximum Gasteiger partial charge on any atom is 0.303 e. The summed E-state index contributed by atoms with van der Waals surface area (Å²) in [7, 11) is 0. The van der Waals surface area contributed by atoms with Crippen LogP contribution in [-0.2, 0) is 39.8 Å². The number of carbonyl (C=O) groups is 3. The zero-order valence-corrected chi connectivity index (χ0v) is 22.3. The number of aliphatic hydroxyl groups excluding tert-OH is 1. The van der Waals surface area contributed by atoms with Gasteiger partial charge in [0, 0.05) is 26.8 Å². The van der Waals surface area contributed by atoms with Gasteiger partial charge in [-0.05, 0) is 23.6 Å². The molecule has 6 atom stereocenters. The standard InChI is InChI=1S/C25H30ClN5O8/c1-13(33)36-11-18-20(37-14(2)34)21(38-15(3)35)24(39-18)31-12-27-19-22(29-25(26)30-23(19)31)28-17(10-32)9-16-7-5-4-6-8-16/h4-8,12,17-18,20-22,24,28,32H,9-11H2,1-3H3,(H,29,30)/t17?,18-,20-,21-,22-,24-/m1/s1. The van der Waals surface area contributed by atoms with E-state index in [-0.39, 0.29) is 24.6 Å². The third kappa shape index (κ3) is 6.92. The topological polar surface area (TPSA) is 163 Å². The molecule has 3 N–H and O–H groups in total. The normalized spacial score (nSPS) is 24.6. The number of hydrogen-bond acceptors (Lipinski definition) is 12. The lowest BCUT2D eigenvalue weighted by molar-refractivity contribution is -0.166. The summed E-state index contributed by atoms with van der Waals surface area (Å²) in [5.41, 5.74) is 1.47. The summed E-state index contributed by atoms with van der Waals surface area (Å²) in [5.74, 6) is -1.43. The quantitative estimate of drug-likeness (QED) is 0.218. The Hall–Kier alpha value is -3.52. The molecule has 2 aliphatic heterocycles. The van der Waals surface area contributed by atoms with Gasteiger partial charge in [-0.25, -0.2) is 9.98 Å². The van der Waals surface area contributed by atoms with Crippen LogP contribution in [0.3, 0.4) is 0 Å². The lowest BCUT2D eigenvalue weighted by Crippen LogP contribution is -2.41. The molecule has 39 heavy (non-hydrogen) atoms. The van der Waals surface area contributed by atoms with Crippen LogP contribution in [0.25, 0.3) is 0 Å². The number of ether oxygens (including phenoxy) is 4. The van der Waals surface area contributed by atoms with E-state index in [1.54, 1.807) is 4.57 Å². The summed E-state index contributed by atoms with van der Waals surface area (Å²) in [6.07, 6.45) is -2.86. The van der Waals surface area contributed by atoms with Crippen molar-refractivity contribution in [3.05, 3.63) is 47.9 Å². The number of imidazole rings is 1. The first kappa shape index (κ1) is 28.5. The second kappa shape index (κ2) is 12.6. The van der Waals surface area contributed by atoms with E-state index in [4.69, 9.17) is 30.5 Å². The van der Waals surface area contributed by atoms with Gasteiger partial charge in [0.25, 0.3) is 0 Å². The van der Waals surface area contributed by atoms with Crippen molar-refractivity contribution >= 4 is 40.6 Å². The average Bonchev–Trinajstić information content (AvgIpc) is 3.43. The van der Waals surface area contributed by atoms with Gasteiger partial charge in [0.2, 0.25) is 0 Å². The van der Waals surface area contributed by atoms with E-state index in [9.17, 15) is 19.5 Å². The van der Waals surface area contributed by atoms with Gasteiger partial charge in [0.1, 0.15) is 30.4 Å². The minimum Gasteiger partial charge on any atom is -0.463 e. The molecule has 13 nitrogen and oxygen atoms in total. The first-order valence-corrected chi connectivity index (χ1v) is 12.6. The zero-order chi connectivity index (χ0) is 28.1. The highest BCUT2D eigenvalue weighted by Crippen LogP contribution is 2.39. The number of nitrogens with zero attached hydrogens (tertiary/aromatic N) is 3. The number of carbonyl (C=O) groups excluding carboxylic acids is 3. The Morgan fingerprint density at radius 3 is 2.46 bits per heavy atom. The van der Waals surface area contributed by atoms with Gasteiger partial charge >= 0.3 is 17.9 Å². The Morgan fingerprint density at radius 1 is 1.13 bits per heavy atom. The van der Waals surface area contributed by atoms with E-state index >= 15 is 0 Å². The van der Waals surface area contributed by atoms with E-state index in [0.29, 0.717) is 17.9 Å². The van der Waals surface area contributed by atoms with Crippen molar-refractivity contribution in [2.24, 2.45) is 4.99 Å². The number of fused-ring (bicyclic) bond motifs is 1. The summed E-state index contributed by atoms with van der Waals surface area (Å²) < 4.78 is 23.7. The molecule has 0 bridgehead atoms. The highest BCUT2D eigenvalue weighted by molar-refractivity contribution is 6.67. The summed E-state index contributed by atoms with van der Waals surface area (Å²) in [6.45, 7) is 3.26. The van der Waals surface area contributed by atoms with E-state index in [2.05, 4.69) is 20.6 Å². The number of amidine groups is 1. The fraction of sp³-hybridized carbons (Fsp3) is 0.480. The second-order valence-corrected chi connectivity index (χ2v) is 9.44. The molecule has 1 unspecified atom stereocenters. The molecule has 2 aliphatic rings. The predicted octanol–water partition coefficient (Wildman–Crippen LogP) is 1.42. The Balaban J connectivity index is 1.62. The van der Waals surface area contributed by atoms with E-state index in [0.717, 1.165) is 5.56 Å². The van der Waals surface area contributed by atoms with Crippen LogP contribution in [0.15, 0.2) is 41.7 Å². The molecule has 2 aromatic rings. The SMILES string of the molecule is CC(=O)OC[C@H]1O[C@@H](n2cnc3c2NC(Cl)=N[C@H]3NC(CO)Cc2ccccc2)[C@H](OC(C)=O)[C@@H]1OC(C)=O. The van der Waals surface area contributed by atoms with E-state index in [1.165, 1.54) is 27.1 Å². The molecule has 1 aromatic carbocycles. The Morgan fingerprint density at radius 2 is 1.82 bits per heavy atom. The van der Waals surface area contributed by atoms with Crippen LogP contribution in [0.4, 0.5) is 5.82 Å². The van der Waals surface area contributed by atoms with Crippen molar-refractivity contribution in [3.8, 4) is 0 Å². The molecule has 1 fully saturated rings. The lowest BCUT2D eigenvalue weighted by Gasteiger charge is -2.27. The van der Waals surface area contributed by atoms with Crippen molar-refractivity contribution in [3.63, 3.8) is 0 Å². The highest BCUT2D eigenvalue weighted by Gasteiger charge is 2.51. The molecule has 210 valence electrons. The monoisotopic (exact) mass is 563 g/mol. The molecule has 1 aromatic heterocycles. The molecule has 0 spiro atoms. The van der Waals surface area contributed by atoms with Crippen LogP contribution in [0.5, 0.6) is 0 Å². The van der Waals surface area contributed by atoms with E-state index in [1.807, 2.05) is 30.3 Å². The van der Waals surface area contributed by atoms with Gasteiger partial charge in [-0.2, -0.15) is 0 Å². The zero-order valence-electron chi connectivity index (χ0n) is 21.6. The summed E-state index contributed by atoms with van der Waals surface area (Å²) in [6, 6.07) is 9.31. The Bertz CT molecular complexity index is 1220. The third-order valence-corrected chi connectivity index (χ3v) is 6.29. The van der Waals surface area contributed by atoms with Crippen molar-refractivity contribution < 1.29 is 38.4 Å². The van der Waals surface area contributed by atoms with Crippen LogP contribution in [0.1, 0.15) is 44.4 Å². The van der Waals surface area contributed by atoms with Gasteiger partial charge in [-0.3, -0.25) is 24.3 Å². The van der Waals surface area contributed by atoms with Crippen LogP contribution >= 0.6 is 11.6 Å². The Kier molecular flexibility index (Phi) is 9.17. The number of benzene rings is 1. The first-order chi connectivity index (χ1) is 18.7. The summed E-state index contributed by atoms with van der Waals surface area (Å²) in [5, 5.41) is 16.3. The number of nitrogens with one attached hydrogen (secondary N) is 2. The Labute approximate surface area is 229 Å². The molecule has 3 heterocycles. The maximum atomic E-state index is 12.0. The van der Waals surface area contributed by atoms with Crippen molar-refractivity contribution in [2.45, 2.75) is 63.9 Å². The molecule has 0 saturated carbocycles. The largest absolute Gasteiger partial charge is 0.463 e. The lowest BCUT2D eigenvalue weighted by atomic mass is 10.1. The number of aromatic nitrogens is 2. The van der Waals surface area contributed by atoms with Crippen LogP contribution < -0.4 is 10.6 Å². The second-order valence-electron chi connectivity index (χ2n) is 9.08. The van der Waals surface area contributed by atoms with Crippen LogP contribution in [-0.4, -0.2) is 75.4 Å². The molecule has 0 aliphatic carbocycles.